The van der Waals surface area contributed by atoms with Crippen molar-refractivity contribution in [3.8, 4) is 5.75 Å². The molecule has 3 fully saturated rings. The first-order valence-corrected chi connectivity index (χ1v) is 23.1. The average Bonchev–Trinajstić information content (AvgIpc) is 3.21. The van der Waals surface area contributed by atoms with E-state index in [4.69, 9.17) is 44.8 Å². The number of cyclic esters (lactones) is 1. The van der Waals surface area contributed by atoms with Gasteiger partial charge in [0.25, 0.3) is 0 Å². The summed E-state index contributed by atoms with van der Waals surface area (Å²) in [7, 11) is 3.39. The van der Waals surface area contributed by atoms with Gasteiger partial charge in [0.05, 0.1) is 42.0 Å². The first-order chi connectivity index (χ1) is 29.0. The van der Waals surface area contributed by atoms with Crippen LogP contribution in [0.5, 0.6) is 5.75 Å². The number of nitrogens with one attached hydrogen (secondary N) is 3. The molecule has 1 aromatic carbocycles. The van der Waals surface area contributed by atoms with E-state index < -0.39 is 95.5 Å². The van der Waals surface area contributed by atoms with Gasteiger partial charge in [-0.1, -0.05) is 45.4 Å². The van der Waals surface area contributed by atoms with Gasteiger partial charge in [0.1, 0.15) is 34.8 Å². The molecule has 4 rings (SSSR count). The molecule has 15 nitrogen and oxygen atoms in total. The molecule has 16 heteroatoms. The van der Waals surface area contributed by atoms with Gasteiger partial charge in [0.2, 0.25) is 0 Å². The minimum Gasteiger partial charge on any atom is -0.483 e. The quantitative estimate of drug-likeness (QED) is 0.109. The van der Waals surface area contributed by atoms with Crippen LogP contribution >= 0.6 is 11.6 Å². The second-order valence-electron chi connectivity index (χ2n) is 19.1. The van der Waals surface area contributed by atoms with Crippen molar-refractivity contribution in [1.29, 1.82) is 0 Å². The molecule has 0 spiro atoms. The summed E-state index contributed by atoms with van der Waals surface area (Å²) in [6, 6.07) is 6.25. The number of aliphatic hydroxyl groups is 4. The first kappa shape index (κ1) is 52.9. The first-order valence-electron chi connectivity index (χ1n) is 22.7. The number of hydrogen-bond acceptors (Lipinski definition) is 15. The Labute approximate surface area is 375 Å². The van der Waals surface area contributed by atoms with Gasteiger partial charge in [0, 0.05) is 37.1 Å². The standard InChI is InChI=1S/C46H80ClN3O12/c1-14-19-49-25-46(55)31(8)58-36(23-44(46,10)56-13)61-37-28(5)40(62-42-38(34(48-12)20-27(4)57-42)59-33-18-16-17-32(47)21-33)43(9,53)22-26(3)24-50-30(7)39(51)45(11,54)35(15-2)60-41(52)29(37)6/h16-18,21,26-31,34-40,42,48-51,53-55H,14-15,19-20,22-25H2,1-13H3/t26-,27-,28+,29-,30-,31+,34+,35-,36+,37+,38-,39-,40-,42+,43-,44-,45-,46+/m1/s1. The Kier molecular flexibility index (Phi) is 18.9. The van der Waals surface area contributed by atoms with Gasteiger partial charge in [-0.25, -0.2) is 0 Å². The fourth-order valence-electron chi connectivity index (χ4n) is 9.82. The van der Waals surface area contributed by atoms with E-state index in [9.17, 15) is 25.2 Å². The van der Waals surface area contributed by atoms with Crippen LogP contribution in [-0.4, -0.2) is 150 Å². The lowest BCUT2D eigenvalue weighted by molar-refractivity contribution is -0.335. The molecule has 358 valence electrons. The number of halogens is 1. The number of ether oxygens (including phenoxy) is 7. The Bertz CT molecular complexity index is 1560. The highest BCUT2D eigenvalue weighted by Crippen LogP contribution is 2.43. The maximum atomic E-state index is 14.5. The summed E-state index contributed by atoms with van der Waals surface area (Å²) in [6.45, 7) is 21.1. The number of hydrogen-bond donors (Lipinski definition) is 7. The van der Waals surface area contributed by atoms with Crippen molar-refractivity contribution < 1.29 is 58.4 Å². The fourth-order valence-corrected chi connectivity index (χ4v) is 10.0. The van der Waals surface area contributed by atoms with Crippen molar-refractivity contribution in [2.45, 2.75) is 198 Å². The van der Waals surface area contributed by atoms with Crippen molar-refractivity contribution in [2.24, 2.45) is 17.8 Å². The zero-order valence-corrected chi connectivity index (χ0v) is 40.2. The molecule has 62 heavy (non-hydrogen) atoms. The normalized spacial score (nSPS) is 44.2. The van der Waals surface area contributed by atoms with Gasteiger partial charge in [-0.2, -0.15) is 0 Å². The smallest absolute Gasteiger partial charge is 0.311 e. The summed E-state index contributed by atoms with van der Waals surface area (Å²) in [5, 5.41) is 58.7. The number of aliphatic hydroxyl groups excluding tert-OH is 1. The van der Waals surface area contributed by atoms with Crippen molar-refractivity contribution in [1.82, 2.24) is 16.0 Å². The third kappa shape index (κ3) is 12.2. The molecule has 0 amide bonds. The molecule has 1 aromatic rings. The van der Waals surface area contributed by atoms with Crippen LogP contribution in [0.1, 0.15) is 108 Å². The Morgan fingerprint density at radius 2 is 1.68 bits per heavy atom. The van der Waals surface area contributed by atoms with Gasteiger partial charge in [-0.3, -0.25) is 4.79 Å². The molecular formula is C46H80ClN3O12. The number of methoxy groups -OCH3 is 1. The summed E-state index contributed by atoms with van der Waals surface area (Å²) in [5.74, 6) is -2.17. The third-order valence-electron chi connectivity index (χ3n) is 13.8. The van der Waals surface area contributed by atoms with Crippen LogP contribution in [0.2, 0.25) is 5.02 Å². The van der Waals surface area contributed by atoms with Crippen LogP contribution in [-0.2, 0) is 33.2 Å². The zero-order chi connectivity index (χ0) is 46.4. The third-order valence-corrected chi connectivity index (χ3v) is 14.0. The minimum absolute atomic E-state index is 0.0901. The SMILES string of the molecule is CCCNC[C@]1(O)[C@H](C)O[C@@H](O[C@H]2[C@H](C)[C@@H](O[C@@H]3O[C@H](C)C[C@H](NC)[C@H]3Oc3cccc(Cl)c3)[C@](C)(O)C[C@@H](C)CN[C@H](C)[C@@H](O)[C@](C)(O)[C@@H](CC)OC(=O)[C@@H]2C)C[C@@]1(C)OC. The summed E-state index contributed by atoms with van der Waals surface area (Å²) in [6.07, 6.45) is -6.27. The summed E-state index contributed by atoms with van der Waals surface area (Å²) >= 11 is 6.38. The van der Waals surface area contributed by atoms with Gasteiger partial charge in [-0.15, -0.1) is 0 Å². The lowest BCUT2D eigenvalue weighted by atomic mass is 9.75. The van der Waals surface area contributed by atoms with Gasteiger partial charge in [0.15, 0.2) is 18.7 Å². The molecule has 0 aromatic heterocycles. The number of benzene rings is 1. The molecule has 0 aliphatic carbocycles. The van der Waals surface area contributed by atoms with Crippen molar-refractivity contribution in [3.63, 3.8) is 0 Å². The van der Waals surface area contributed by atoms with Crippen LogP contribution in [0.25, 0.3) is 0 Å². The number of rotatable bonds is 13. The molecule has 18 atom stereocenters. The lowest BCUT2D eigenvalue weighted by Crippen LogP contribution is -2.70. The van der Waals surface area contributed by atoms with E-state index in [1.807, 2.05) is 41.7 Å². The van der Waals surface area contributed by atoms with Crippen LogP contribution in [0, 0.1) is 17.8 Å². The van der Waals surface area contributed by atoms with E-state index in [0.29, 0.717) is 30.3 Å². The zero-order valence-electron chi connectivity index (χ0n) is 39.5. The minimum atomic E-state index is -1.83. The molecule has 3 heterocycles. The topological polar surface area (TPSA) is 199 Å². The van der Waals surface area contributed by atoms with Gasteiger partial charge >= 0.3 is 5.97 Å². The second-order valence-corrected chi connectivity index (χ2v) is 19.5. The number of esters is 1. The predicted molar refractivity (Wildman–Crippen MR) is 237 cm³/mol. The van der Waals surface area contributed by atoms with Crippen molar-refractivity contribution >= 4 is 17.6 Å². The fraction of sp³-hybridized carbons (Fsp3) is 0.848. The molecule has 3 saturated heterocycles. The number of carbonyl (C=O) groups excluding carboxylic acids is 1. The number of carbonyl (C=O) groups is 1. The summed E-state index contributed by atoms with van der Waals surface area (Å²) in [4.78, 5) is 14.5. The van der Waals surface area contributed by atoms with E-state index in [1.165, 1.54) is 6.92 Å². The summed E-state index contributed by atoms with van der Waals surface area (Å²) < 4.78 is 45.9. The molecule has 3 aliphatic heterocycles. The maximum Gasteiger partial charge on any atom is 0.311 e. The van der Waals surface area contributed by atoms with Crippen molar-refractivity contribution in [3.05, 3.63) is 29.3 Å². The van der Waals surface area contributed by atoms with Crippen LogP contribution in [0.15, 0.2) is 24.3 Å². The molecule has 0 saturated carbocycles. The molecule has 7 N–H and O–H groups in total. The predicted octanol–water partition coefficient (Wildman–Crippen LogP) is 4.33. The molecule has 0 radical (unpaired) electrons. The van der Waals surface area contributed by atoms with Gasteiger partial charge in [-0.05, 0) is 118 Å². The Balaban J connectivity index is 1.85. The Morgan fingerprint density at radius 3 is 2.29 bits per heavy atom. The van der Waals surface area contributed by atoms with Gasteiger partial charge < -0.3 is 69.5 Å². The van der Waals surface area contributed by atoms with Crippen LogP contribution < -0.4 is 20.7 Å². The van der Waals surface area contributed by atoms with E-state index in [2.05, 4.69) is 16.0 Å². The highest BCUT2D eigenvalue weighted by Gasteiger charge is 2.58. The monoisotopic (exact) mass is 902 g/mol. The second kappa shape index (κ2) is 22.2. The Morgan fingerprint density at radius 1 is 0.984 bits per heavy atom. The average molecular weight is 903 g/mol. The van der Waals surface area contributed by atoms with Crippen LogP contribution in [0.4, 0.5) is 0 Å². The summed E-state index contributed by atoms with van der Waals surface area (Å²) in [5.41, 5.74) is -6.00. The molecule has 0 bridgehead atoms. The van der Waals surface area contributed by atoms with E-state index >= 15 is 0 Å². The molecular weight excluding hydrogens is 822 g/mol. The Hall–Kier alpha value is -1.70. The van der Waals surface area contributed by atoms with Crippen LogP contribution in [0.3, 0.4) is 0 Å². The maximum absolute atomic E-state index is 14.5. The molecule has 0 unspecified atom stereocenters. The highest BCUT2D eigenvalue weighted by atomic mass is 35.5. The lowest BCUT2D eigenvalue weighted by Gasteiger charge is -2.53. The van der Waals surface area contributed by atoms with E-state index in [1.54, 1.807) is 66.0 Å². The van der Waals surface area contributed by atoms with E-state index in [0.717, 1.165) is 6.42 Å². The molecule has 3 aliphatic rings. The van der Waals surface area contributed by atoms with Crippen molar-refractivity contribution in [2.75, 3.05) is 33.8 Å². The van der Waals surface area contributed by atoms with E-state index in [-0.39, 0.29) is 43.9 Å². The largest absolute Gasteiger partial charge is 0.483 e. The number of likely N-dealkylation sites (N-methyl/N-ethyl adjacent to an activating group) is 1. The highest BCUT2D eigenvalue weighted by molar-refractivity contribution is 6.30.